The first kappa shape index (κ1) is 11.8. The second-order valence-electron chi connectivity index (χ2n) is 5.11. The van der Waals surface area contributed by atoms with Crippen molar-refractivity contribution in [3.63, 3.8) is 0 Å². The van der Waals surface area contributed by atoms with Crippen LogP contribution >= 0.6 is 11.6 Å². The third-order valence-corrected chi connectivity index (χ3v) is 3.63. The van der Waals surface area contributed by atoms with Crippen molar-refractivity contribution in [1.29, 1.82) is 0 Å². The summed E-state index contributed by atoms with van der Waals surface area (Å²) < 4.78 is 0. The second-order valence-corrected chi connectivity index (χ2v) is 5.38. The van der Waals surface area contributed by atoms with Crippen LogP contribution in [0.25, 0.3) is 0 Å². The van der Waals surface area contributed by atoms with Crippen LogP contribution in [0.1, 0.15) is 25.8 Å². The van der Waals surface area contributed by atoms with E-state index in [0.717, 1.165) is 24.9 Å². The maximum Gasteiger partial charge on any atom is 0.0494 e. The quantitative estimate of drug-likeness (QED) is 0.705. The van der Waals surface area contributed by atoms with Crippen LogP contribution in [0.15, 0.2) is 24.3 Å². The summed E-state index contributed by atoms with van der Waals surface area (Å²) in [4.78, 5) is 2.50. The maximum absolute atomic E-state index is 6.00. The number of benzene rings is 1. The summed E-state index contributed by atoms with van der Waals surface area (Å²) in [5, 5.41) is 0. The van der Waals surface area contributed by atoms with Crippen LogP contribution in [0.4, 0.5) is 5.69 Å². The molecule has 1 aromatic carbocycles. The molecule has 88 valence electrons. The topological polar surface area (TPSA) is 3.24 Å². The molecule has 2 unspecified atom stereocenters. The van der Waals surface area contributed by atoms with E-state index in [0.29, 0.717) is 5.88 Å². The minimum absolute atomic E-state index is 0.607. The Morgan fingerprint density at radius 2 is 1.81 bits per heavy atom. The monoisotopic (exact) mass is 237 g/mol. The molecule has 2 atom stereocenters. The van der Waals surface area contributed by atoms with Gasteiger partial charge in [-0.15, -0.1) is 11.6 Å². The third-order valence-electron chi connectivity index (χ3n) is 3.35. The molecule has 0 radical (unpaired) electrons. The number of hydrogen-bond acceptors (Lipinski definition) is 1. The molecular formula is C14H20ClN. The highest BCUT2D eigenvalue weighted by Gasteiger charge is 2.22. The Labute approximate surface area is 103 Å². The fourth-order valence-corrected chi connectivity index (χ4v) is 3.02. The van der Waals surface area contributed by atoms with Crippen molar-refractivity contribution < 1.29 is 0 Å². The summed E-state index contributed by atoms with van der Waals surface area (Å²) in [5.74, 6) is 2.18. The van der Waals surface area contributed by atoms with Gasteiger partial charge in [0.15, 0.2) is 0 Å². The number of rotatable bonds is 2. The van der Waals surface area contributed by atoms with E-state index in [2.05, 4.69) is 43.0 Å². The summed E-state index contributed by atoms with van der Waals surface area (Å²) in [6, 6.07) is 8.50. The molecule has 1 aromatic rings. The first-order chi connectivity index (χ1) is 7.70. The summed E-state index contributed by atoms with van der Waals surface area (Å²) in [7, 11) is 0. The van der Waals surface area contributed by atoms with Crippen LogP contribution in [-0.4, -0.2) is 13.1 Å². The minimum Gasteiger partial charge on any atom is -0.371 e. The average molecular weight is 238 g/mol. The Kier molecular flexibility index (Phi) is 3.75. The van der Waals surface area contributed by atoms with Crippen molar-refractivity contribution in [3.05, 3.63) is 29.8 Å². The van der Waals surface area contributed by atoms with E-state index in [9.17, 15) is 0 Å². The number of alkyl halides is 1. The zero-order chi connectivity index (χ0) is 11.5. The molecule has 0 N–H and O–H groups in total. The largest absolute Gasteiger partial charge is 0.371 e. The van der Waals surface area contributed by atoms with Crippen LogP contribution in [0.5, 0.6) is 0 Å². The normalized spacial score (nSPS) is 25.8. The Morgan fingerprint density at radius 3 is 2.44 bits per heavy atom. The van der Waals surface area contributed by atoms with Crippen LogP contribution in [0.3, 0.4) is 0 Å². The first-order valence-corrected chi connectivity index (χ1v) is 6.63. The van der Waals surface area contributed by atoms with Crippen molar-refractivity contribution in [3.8, 4) is 0 Å². The zero-order valence-electron chi connectivity index (χ0n) is 10.1. The number of halogens is 1. The van der Waals surface area contributed by atoms with Crippen LogP contribution in [0.2, 0.25) is 0 Å². The highest BCUT2D eigenvalue weighted by Crippen LogP contribution is 2.29. The lowest BCUT2D eigenvalue weighted by molar-refractivity contribution is 0.356. The van der Waals surface area contributed by atoms with E-state index < -0.39 is 0 Å². The summed E-state index contributed by atoms with van der Waals surface area (Å²) in [6.45, 7) is 7.01. The Hall–Kier alpha value is -0.690. The molecule has 2 rings (SSSR count). The number of anilines is 1. The van der Waals surface area contributed by atoms with Gasteiger partial charge in [0.05, 0.1) is 0 Å². The molecule has 1 fully saturated rings. The Morgan fingerprint density at radius 1 is 1.19 bits per heavy atom. The summed E-state index contributed by atoms with van der Waals surface area (Å²) in [5.41, 5.74) is 2.58. The van der Waals surface area contributed by atoms with Gasteiger partial charge in [-0.25, -0.2) is 0 Å². The van der Waals surface area contributed by atoms with Gasteiger partial charge in [-0.2, -0.15) is 0 Å². The number of para-hydroxylation sites is 1. The van der Waals surface area contributed by atoms with Gasteiger partial charge in [-0.1, -0.05) is 32.0 Å². The van der Waals surface area contributed by atoms with E-state index >= 15 is 0 Å². The van der Waals surface area contributed by atoms with E-state index in [1.54, 1.807) is 0 Å². The van der Waals surface area contributed by atoms with Gasteiger partial charge in [-0.05, 0) is 29.9 Å². The van der Waals surface area contributed by atoms with E-state index in [1.807, 2.05) is 0 Å². The molecule has 1 aliphatic rings. The average Bonchev–Trinajstić information content (AvgIpc) is 2.27. The van der Waals surface area contributed by atoms with E-state index in [1.165, 1.54) is 17.7 Å². The van der Waals surface area contributed by atoms with Crippen LogP contribution in [-0.2, 0) is 5.88 Å². The molecule has 0 amide bonds. The summed E-state index contributed by atoms with van der Waals surface area (Å²) in [6.07, 6.45) is 1.35. The lowest BCUT2D eigenvalue weighted by atomic mass is 9.91. The standard InChI is InChI=1S/C14H20ClN/c1-11-7-12(2)10-16(9-11)14-6-4-3-5-13(14)8-15/h3-6,11-12H,7-10H2,1-2H3. The molecule has 2 heteroatoms. The van der Waals surface area contributed by atoms with Gasteiger partial charge in [0.2, 0.25) is 0 Å². The lowest BCUT2D eigenvalue weighted by Gasteiger charge is -2.37. The van der Waals surface area contributed by atoms with Crippen molar-refractivity contribution in [2.45, 2.75) is 26.1 Å². The van der Waals surface area contributed by atoms with Gasteiger partial charge in [0.25, 0.3) is 0 Å². The van der Waals surface area contributed by atoms with Crippen molar-refractivity contribution >= 4 is 17.3 Å². The summed E-state index contributed by atoms with van der Waals surface area (Å²) >= 11 is 6.00. The number of piperidine rings is 1. The zero-order valence-corrected chi connectivity index (χ0v) is 10.9. The minimum atomic E-state index is 0.607. The highest BCUT2D eigenvalue weighted by molar-refractivity contribution is 6.17. The third kappa shape index (κ3) is 2.52. The molecule has 1 nitrogen and oxygen atoms in total. The predicted octanol–water partition coefficient (Wildman–Crippen LogP) is 3.91. The van der Waals surface area contributed by atoms with Gasteiger partial charge in [0.1, 0.15) is 0 Å². The Bertz CT molecular complexity index is 340. The van der Waals surface area contributed by atoms with E-state index in [-0.39, 0.29) is 0 Å². The molecule has 0 aliphatic carbocycles. The van der Waals surface area contributed by atoms with Gasteiger partial charge in [0, 0.05) is 24.7 Å². The van der Waals surface area contributed by atoms with Crippen LogP contribution < -0.4 is 4.90 Å². The van der Waals surface area contributed by atoms with Gasteiger partial charge < -0.3 is 4.90 Å². The maximum atomic E-state index is 6.00. The van der Waals surface area contributed by atoms with Gasteiger partial charge in [-0.3, -0.25) is 0 Å². The molecule has 0 saturated carbocycles. The number of nitrogens with zero attached hydrogens (tertiary/aromatic N) is 1. The van der Waals surface area contributed by atoms with Crippen molar-refractivity contribution in [1.82, 2.24) is 0 Å². The first-order valence-electron chi connectivity index (χ1n) is 6.09. The highest BCUT2D eigenvalue weighted by atomic mass is 35.5. The van der Waals surface area contributed by atoms with Crippen molar-refractivity contribution in [2.24, 2.45) is 11.8 Å². The SMILES string of the molecule is CC1CC(C)CN(c2ccccc2CCl)C1. The molecule has 1 heterocycles. The second kappa shape index (κ2) is 5.09. The molecule has 16 heavy (non-hydrogen) atoms. The van der Waals surface area contributed by atoms with Gasteiger partial charge >= 0.3 is 0 Å². The van der Waals surface area contributed by atoms with E-state index in [4.69, 9.17) is 11.6 Å². The smallest absolute Gasteiger partial charge is 0.0494 e. The van der Waals surface area contributed by atoms with Crippen LogP contribution in [0, 0.1) is 11.8 Å². The number of hydrogen-bond donors (Lipinski definition) is 0. The van der Waals surface area contributed by atoms with Crippen molar-refractivity contribution in [2.75, 3.05) is 18.0 Å². The predicted molar refractivity (Wildman–Crippen MR) is 71.2 cm³/mol. The molecule has 0 aromatic heterocycles. The molecule has 0 bridgehead atoms. The Balaban J connectivity index is 2.22. The molecular weight excluding hydrogens is 218 g/mol. The molecule has 1 aliphatic heterocycles. The molecule has 1 saturated heterocycles. The fourth-order valence-electron chi connectivity index (χ4n) is 2.79. The lowest BCUT2D eigenvalue weighted by Crippen LogP contribution is -2.39. The molecule has 0 spiro atoms. The fraction of sp³-hybridized carbons (Fsp3) is 0.571.